The summed E-state index contributed by atoms with van der Waals surface area (Å²) >= 11 is 0. The molecule has 0 aromatic heterocycles. The summed E-state index contributed by atoms with van der Waals surface area (Å²) in [4.78, 5) is 10.9. The maximum atomic E-state index is 13.5. The topological polar surface area (TPSA) is 64.3 Å². The summed E-state index contributed by atoms with van der Waals surface area (Å²) in [6.45, 7) is 1.93. The van der Waals surface area contributed by atoms with Crippen LogP contribution >= 0.6 is 0 Å². The number of rotatable bonds is 5. The third kappa shape index (κ3) is 4.03. The lowest BCUT2D eigenvalue weighted by Gasteiger charge is -2.10. The van der Waals surface area contributed by atoms with Gasteiger partial charge in [-0.05, 0) is 13.0 Å². The van der Waals surface area contributed by atoms with E-state index in [2.05, 4.69) is 5.32 Å². The molecule has 17 heavy (non-hydrogen) atoms. The molecule has 1 rings (SSSR count). The molecule has 3 N–H and O–H groups in total. The molecule has 5 heteroatoms. The summed E-state index contributed by atoms with van der Waals surface area (Å²) in [6, 6.07) is 4.17. The van der Waals surface area contributed by atoms with Crippen molar-refractivity contribution in [2.45, 2.75) is 19.4 Å². The highest BCUT2D eigenvalue weighted by Crippen LogP contribution is 2.20. The number of carbonyl (C=O) groups excluding carboxylic acids is 1. The van der Waals surface area contributed by atoms with Gasteiger partial charge < -0.3 is 15.8 Å². The Balaban J connectivity index is 2.56. The maximum absolute atomic E-state index is 13.5. The minimum atomic E-state index is -0.391. The van der Waals surface area contributed by atoms with Crippen molar-refractivity contribution >= 4 is 5.91 Å². The Morgan fingerprint density at radius 3 is 2.82 bits per heavy atom. The molecule has 0 spiro atoms. The maximum Gasteiger partial charge on any atom is 0.223 e. The molecule has 0 unspecified atom stereocenters. The van der Waals surface area contributed by atoms with E-state index in [1.54, 1.807) is 26.1 Å². The number of amides is 1. The minimum absolute atomic E-state index is 0.113. The average Bonchev–Trinajstić information content (AvgIpc) is 2.28. The second-order valence-electron chi connectivity index (χ2n) is 3.74. The van der Waals surface area contributed by atoms with Crippen LogP contribution in [0.15, 0.2) is 18.2 Å². The quantitative estimate of drug-likeness (QED) is 0.816. The molecule has 0 saturated heterocycles. The summed E-state index contributed by atoms with van der Waals surface area (Å²) in [5, 5.41) is 2.48. The highest BCUT2D eigenvalue weighted by molar-refractivity contribution is 5.75. The summed E-state index contributed by atoms with van der Waals surface area (Å²) in [5.41, 5.74) is 6.04. The van der Waals surface area contributed by atoms with Crippen LogP contribution in [0, 0.1) is 5.82 Å². The molecule has 0 fully saturated rings. The number of hydrogen-bond donors (Lipinski definition) is 2. The van der Waals surface area contributed by atoms with Crippen LogP contribution in [0.2, 0.25) is 0 Å². The number of nitrogens with one attached hydrogen (secondary N) is 1. The third-order valence-electron chi connectivity index (χ3n) is 2.34. The smallest absolute Gasteiger partial charge is 0.223 e. The van der Waals surface area contributed by atoms with E-state index < -0.39 is 5.82 Å². The van der Waals surface area contributed by atoms with Crippen LogP contribution in [0.3, 0.4) is 0 Å². The van der Waals surface area contributed by atoms with E-state index in [0.717, 1.165) is 0 Å². The van der Waals surface area contributed by atoms with E-state index in [1.165, 1.54) is 6.07 Å². The molecule has 94 valence electrons. The lowest BCUT2D eigenvalue weighted by molar-refractivity contribution is -0.121. The van der Waals surface area contributed by atoms with E-state index in [0.29, 0.717) is 11.3 Å². The van der Waals surface area contributed by atoms with E-state index in [1.807, 2.05) is 0 Å². The van der Waals surface area contributed by atoms with Crippen molar-refractivity contribution < 1.29 is 13.9 Å². The van der Waals surface area contributed by atoms with Gasteiger partial charge in [-0.2, -0.15) is 0 Å². The van der Waals surface area contributed by atoms with Gasteiger partial charge in [-0.3, -0.25) is 4.79 Å². The standard InChI is InChI=1S/C12H17FN2O2/c1-8(14)10-4-3-9(7-11(10)13)17-6-5-12(16)15-2/h3-4,7-8H,5-6,14H2,1-2H3,(H,15,16)/t8-/m0/s1. The van der Waals surface area contributed by atoms with Crippen molar-refractivity contribution in [1.82, 2.24) is 5.32 Å². The normalized spacial score (nSPS) is 12.0. The van der Waals surface area contributed by atoms with E-state index >= 15 is 0 Å². The van der Waals surface area contributed by atoms with Gasteiger partial charge in [0, 0.05) is 24.7 Å². The van der Waals surface area contributed by atoms with Gasteiger partial charge in [0.15, 0.2) is 0 Å². The van der Waals surface area contributed by atoms with Crippen LogP contribution in [-0.4, -0.2) is 19.6 Å². The van der Waals surface area contributed by atoms with Crippen LogP contribution in [0.25, 0.3) is 0 Å². The van der Waals surface area contributed by atoms with Gasteiger partial charge in [0.05, 0.1) is 13.0 Å². The first-order valence-corrected chi connectivity index (χ1v) is 5.43. The molecule has 4 nitrogen and oxygen atoms in total. The Labute approximate surface area is 100.0 Å². The van der Waals surface area contributed by atoms with Crippen molar-refractivity contribution in [1.29, 1.82) is 0 Å². The zero-order chi connectivity index (χ0) is 12.8. The van der Waals surface area contributed by atoms with Crippen LogP contribution in [0.4, 0.5) is 4.39 Å². The second kappa shape index (κ2) is 6.20. The highest BCUT2D eigenvalue weighted by Gasteiger charge is 2.08. The van der Waals surface area contributed by atoms with Gasteiger partial charge in [-0.15, -0.1) is 0 Å². The highest BCUT2D eigenvalue weighted by atomic mass is 19.1. The van der Waals surface area contributed by atoms with Crippen LogP contribution in [-0.2, 0) is 4.79 Å². The minimum Gasteiger partial charge on any atom is -0.493 e. The van der Waals surface area contributed by atoms with Crippen molar-refractivity contribution in [3.8, 4) is 5.75 Å². The fourth-order valence-electron chi connectivity index (χ4n) is 1.35. The van der Waals surface area contributed by atoms with Crippen molar-refractivity contribution in [3.05, 3.63) is 29.6 Å². The van der Waals surface area contributed by atoms with Gasteiger partial charge in [0.1, 0.15) is 11.6 Å². The second-order valence-corrected chi connectivity index (χ2v) is 3.74. The summed E-state index contributed by atoms with van der Waals surface area (Å²) < 4.78 is 18.8. The molecule has 1 aromatic rings. The zero-order valence-corrected chi connectivity index (χ0v) is 10.00. The molecule has 0 heterocycles. The van der Waals surface area contributed by atoms with Gasteiger partial charge in [-0.25, -0.2) is 4.39 Å². The molecular formula is C12H17FN2O2. The van der Waals surface area contributed by atoms with Gasteiger partial charge >= 0.3 is 0 Å². The van der Waals surface area contributed by atoms with Gasteiger partial charge in [0.25, 0.3) is 0 Å². The van der Waals surface area contributed by atoms with E-state index in [-0.39, 0.29) is 25.0 Å². The average molecular weight is 240 g/mol. The predicted molar refractivity (Wildman–Crippen MR) is 63.2 cm³/mol. The van der Waals surface area contributed by atoms with E-state index in [9.17, 15) is 9.18 Å². The molecule has 0 saturated carbocycles. The summed E-state index contributed by atoms with van der Waals surface area (Å²) in [6.07, 6.45) is 0.243. The van der Waals surface area contributed by atoms with Crippen molar-refractivity contribution in [2.75, 3.05) is 13.7 Å². The van der Waals surface area contributed by atoms with Gasteiger partial charge in [-0.1, -0.05) is 6.07 Å². The molecule has 0 aliphatic rings. The Hall–Kier alpha value is -1.62. The van der Waals surface area contributed by atoms with Crippen LogP contribution in [0.1, 0.15) is 24.9 Å². The SMILES string of the molecule is CNC(=O)CCOc1ccc([C@H](C)N)c(F)c1. The third-order valence-corrected chi connectivity index (χ3v) is 2.34. The van der Waals surface area contributed by atoms with Crippen molar-refractivity contribution in [3.63, 3.8) is 0 Å². The fraction of sp³-hybridized carbons (Fsp3) is 0.417. The number of benzene rings is 1. The van der Waals surface area contributed by atoms with Gasteiger partial charge in [0.2, 0.25) is 5.91 Å². The molecule has 1 aromatic carbocycles. The molecule has 1 amide bonds. The lowest BCUT2D eigenvalue weighted by atomic mass is 10.1. The van der Waals surface area contributed by atoms with E-state index in [4.69, 9.17) is 10.5 Å². The van der Waals surface area contributed by atoms with Crippen LogP contribution in [0.5, 0.6) is 5.75 Å². The zero-order valence-electron chi connectivity index (χ0n) is 10.00. The molecule has 0 bridgehead atoms. The molecule has 0 aliphatic carbocycles. The van der Waals surface area contributed by atoms with Crippen LogP contribution < -0.4 is 15.8 Å². The predicted octanol–water partition coefficient (Wildman–Crippen LogP) is 1.36. The Bertz CT molecular complexity index is 394. The largest absolute Gasteiger partial charge is 0.493 e. The lowest BCUT2D eigenvalue weighted by Crippen LogP contribution is -2.20. The molecule has 0 radical (unpaired) electrons. The summed E-state index contributed by atoms with van der Waals surface area (Å²) in [5.74, 6) is -0.106. The Morgan fingerprint density at radius 1 is 1.59 bits per heavy atom. The number of carbonyl (C=O) groups is 1. The first-order valence-electron chi connectivity index (χ1n) is 5.43. The Morgan fingerprint density at radius 2 is 2.29 bits per heavy atom. The summed E-state index contributed by atoms with van der Waals surface area (Å²) in [7, 11) is 1.55. The number of halogens is 1. The number of hydrogen-bond acceptors (Lipinski definition) is 3. The first-order chi connectivity index (χ1) is 8.04. The first kappa shape index (κ1) is 13.4. The molecule has 0 aliphatic heterocycles. The van der Waals surface area contributed by atoms with Crippen molar-refractivity contribution in [2.24, 2.45) is 5.73 Å². The fourth-order valence-corrected chi connectivity index (χ4v) is 1.35. The molecule has 1 atom stereocenters. The monoisotopic (exact) mass is 240 g/mol. The number of nitrogens with two attached hydrogens (primary N) is 1. The Kier molecular flexibility index (Phi) is 4.90. The molecular weight excluding hydrogens is 223 g/mol. The number of ether oxygens (including phenoxy) is 1.